The van der Waals surface area contributed by atoms with E-state index in [0.717, 1.165) is 0 Å². The monoisotopic (exact) mass is 441 g/mol. The summed E-state index contributed by atoms with van der Waals surface area (Å²) < 4.78 is 53.5. The lowest BCUT2D eigenvalue weighted by Crippen LogP contribution is -2.51. The summed E-state index contributed by atoms with van der Waals surface area (Å²) in [7, 11) is 0. The van der Waals surface area contributed by atoms with Gasteiger partial charge < -0.3 is 20.1 Å². The maximum absolute atomic E-state index is 12.9. The molecule has 11 heteroatoms. The number of carbonyl (C=O) groups excluding carboxylic acids is 3. The Morgan fingerprint density at radius 3 is 2.90 bits per heavy atom. The number of H-pyrrole nitrogens is 1. The fraction of sp³-hybridized carbons (Fsp3) is 0.800. The highest BCUT2D eigenvalue weighted by atomic mass is 16.6. The Hall–Kier alpha value is -2.56. The van der Waals surface area contributed by atoms with Gasteiger partial charge >= 0.3 is 11.9 Å². The number of nitrogens with one attached hydrogen (secondary N) is 3. The van der Waals surface area contributed by atoms with E-state index in [2.05, 4.69) is 31.3 Å². The van der Waals surface area contributed by atoms with Gasteiger partial charge in [0.15, 0.2) is 11.9 Å². The first-order valence-electron chi connectivity index (χ1n) is 12.9. The summed E-state index contributed by atoms with van der Waals surface area (Å²) in [5.41, 5.74) is 0. The summed E-state index contributed by atoms with van der Waals surface area (Å²) in [6.07, 6.45) is -3.67. The topological polar surface area (TPSA) is 148 Å². The summed E-state index contributed by atoms with van der Waals surface area (Å²) in [6, 6.07) is -3.25. The van der Waals surface area contributed by atoms with Gasteiger partial charge in [0.1, 0.15) is 12.6 Å². The Morgan fingerprint density at radius 1 is 1.35 bits per heavy atom. The molecule has 3 N–H and O–H groups in total. The van der Waals surface area contributed by atoms with E-state index in [4.69, 9.17) is 16.3 Å². The van der Waals surface area contributed by atoms with Crippen LogP contribution in [0.15, 0.2) is 0 Å². The number of fused-ring (bicyclic) bond motifs is 1. The van der Waals surface area contributed by atoms with Gasteiger partial charge in [0.2, 0.25) is 5.91 Å². The van der Waals surface area contributed by atoms with Gasteiger partial charge in [-0.15, -0.1) is 10.2 Å². The van der Waals surface area contributed by atoms with Gasteiger partial charge in [-0.05, 0) is 56.9 Å². The van der Waals surface area contributed by atoms with Crippen LogP contribution in [-0.2, 0) is 30.3 Å². The van der Waals surface area contributed by atoms with Crippen molar-refractivity contribution in [1.82, 2.24) is 31.3 Å². The smallest absolute Gasteiger partial charge is 0.332 e. The molecule has 0 radical (unpaired) electrons. The molecule has 31 heavy (non-hydrogen) atoms. The standard InChI is InChI=1S/C20H32N6O5/c1-3-30-20(29)17(22-12(2)27)11-31-19(28)16-9-15-8-13(4-6-14(15)10-21-16)5-7-18-23-25-26-24-18/h13-17,21H,3-11H2,1-2H3,(H,22,27)(H,23,24,25,26)/t13-,14+,15-,16+,17+/m1/s1/i4D2,8D2,16D. The minimum atomic E-state index is -2.03. The number of aromatic amines is 1. The van der Waals surface area contributed by atoms with E-state index in [1.165, 1.54) is 6.92 Å². The van der Waals surface area contributed by atoms with Gasteiger partial charge in [-0.3, -0.25) is 9.59 Å². The number of esters is 2. The molecule has 0 aromatic carbocycles. The van der Waals surface area contributed by atoms with Crippen LogP contribution in [0.25, 0.3) is 0 Å². The van der Waals surface area contributed by atoms with Crippen molar-refractivity contribution in [3.05, 3.63) is 5.82 Å². The number of aryl methyl sites for hydroxylation is 1. The molecular formula is C20H32N6O5. The van der Waals surface area contributed by atoms with Crippen molar-refractivity contribution in [3.8, 4) is 0 Å². The molecule has 2 aliphatic rings. The van der Waals surface area contributed by atoms with Crippen LogP contribution in [0, 0.1) is 17.8 Å². The quantitative estimate of drug-likeness (QED) is 0.455. The number of nitrogens with zero attached hydrogens (tertiary/aromatic N) is 3. The van der Waals surface area contributed by atoms with Gasteiger partial charge in [0.25, 0.3) is 0 Å². The third-order valence-electron chi connectivity index (χ3n) is 5.23. The number of tetrazole rings is 1. The van der Waals surface area contributed by atoms with E-state index in [-0.39, 0.29) is 38.8 Å². The molecule has 1 aromatic rings. The Balaban J connectivity index is 1.71. The lowest BCUT2D eigenvalue weighted by Gasteiger charge is -2.42. The zero-order chi connectivity index (χ0) is 26.7. The maximum Gasteiger partial charge on any atom is 0.332 e. The normalized spacial score (nSPS) is 34.4. The number of carbonyl (C=O) groups is 3. The molecule has 0 unspecified atom stereocenters. The second-order valence-corrected chi connectivity index (χ2v) is 7.53. The Labute approximate surface area is 188 Å². The molecular weight excluding hydrogens is 404 g/mol. The highest BCUT2D eigenvalue weighted by Crippen LogP contribution is 2.40. The minimum absolute atomic E-state index is 0.0485. The minimum Gasteiger partial charge on any atom is -0.464 e. The van der Waals surface area contributed by atoms with E-state index in [1.807, 2.05) is 0 Å². The molecule has 5 atom stereocenters. The highest BCUT2D eigenvalue weighted by molar-refractivity contribution is 5.84. The molecule has 3 rings (SSSR count). The van der Waals surface area contributed by atoms with Crippen molar-refractivity contribution < 1.29 is 30.7 Å². The third kappa shape index (κ3) is 6.71. The summed E-state index contributed by atoms with van der Waals surface area (Å²) >= 11 is 0. The fourth-order valence-corrected chi connectivity index (χ4v) is 3.68. The van der Waals surface area contributed by atoms with Crippen molar-refractivity contribution in [2.75, 3.05) is 19.8 Å². The molecule has 1 amide bonds. The molecule has 2 heterocycles. The van der Waals surface area contributed by atoms with Crippen molar-refractivity contribution in [2.24, 2.45) is 17.8 Å². The van der Waals surface area contributed by atoms with Crippen LogP contribution < -0.4 is 10.6 Å². The van der Waals surface area contributed by atoms with Crippen molar-refractivity contribution in [3.63, 3.8) is 0 Å². The molecule has 1 aromatic heterocycles. The number of piperidine rings is 1. The summed E-state index contributed by atoms with van der Waals surface area (Å²) in [5.74, 6) is -4.23. The Kier molecular flexibility index (Phi) is 6.14. The number of ether oxygens (including phenoxy) is 2. The number of rotatable bonds is 9. The lowest BCUT2D eigenvalue weighted by molar-refractivity contribution is -0.155. The third-order valence-corrected chi connectivity index (χ3v) is 5.23. The maximum atomic E-state index is 12.9. The van der Waals surface area contributed by atoms with Crippen LogP contribution in [0.4, 0.5) is 0 Å². The molecule has 11 nitrogen and oxygen atoms in total. The van der Waals surface area contributed by atoms with Crippen molar-refractivity contribution >= 4 is 17.8 Å². The second-order valence-electron chi connectivity index (χ2n) is 7.53. The van der Waals surface area contributed by atoms with Crippen LogP contribution in [0.2, 0.25) is 0 Å². The first kappa shape index (κ1) is 17.0. The molecule has 0 bridgehead atoms. The summed E-state index contributed by atoms with van der Waals surface area (Å²) in [4.78, 5) is 36.4. The predicted octanol–water partition coefficient (Wildman–Crippen LogP) is 0.138. The van der Waals surface area contributed by atoms with Crippen LogP contribution in [-0.4, -0.2) is 70.3 Å². The number of hydrogen-bond acceptors (Lipinski definition) is 9. The SMILES string of the molecule is [2H]C1([2H])C[C@H]2CN[C@]([2H])(C(=O)OC[C@H](NC(C)=O)C(=O)OCC)C[C@H]2C([2H])([2H])[C@H]1CCc1nn[nH]n1. The molecule has 1 aliphatic carbocycles. The second kappa shape index (κ2) is 11.2. The van der Waals surface area contributed by atoms with E-state index in [9.17, 15) is 14.4 Å². The van der Waals surface area contributed by atoms with E-state index in [1.54, 1.807) is 6.92 Å². The fourth-order valence-electron chi connectivity index (χ4n) is 3.68. The van der Waals surface area contributed by atoms with Gasteiger partial charge in [0, 0.05) is 18.8 Å². The van der Waals surface area contributed by atoms with Gasteiger partial charge in [-0.1, -0.05) is 11.6 Å². The number of aromatic nitrogens is 4. The molecule has 0 spiro atoms. The van der Waals surface area contributed by atoms with E-state index < -0.39 is 67.0 Å². The summed E-state index contributed by atoms with van der Waals surface area (Å²) in [6.45, 7) is 2.35. The number of amides is 1. The van der Waals surface area contributed by atoms with Crippen LogP contribution in [0.5, 0.6) is 0 Å². The van der Waals surface area contributed by atoms with Gasteiger partial charge in [-0.2, -0.15) is 5.21 Å². The Bertz CT molecular complexity index is 951. The molecule has 1 saturated heterocycles. The molecule has 172 valence electrons. The average Bonchev–Trinajstić information content (AvgIpc) is 3.30. The average molecular weight is 442 g/mol. The van der Waals surface area contributed by atoms with Crippen molar-refractivity contribution in [2.45, 2.75) is 64.3 Å². The van der Waals surface area contributed by atoms with Crippen molar-refractivity contribution in [1.29, 1.82) is 0 Å². The molecule has 1 saturated carbocycles. The summed E-state index contributed by atoms with van der Waals surface area (Å²) in [5, 5.41) is 18.6. The highest BCUT2D eigenvalue weighted by Gasteiger charge is 2.38. The lowest BCUT2D eigenvalue weighted by atomic mass is 9.69. The van der Waals surface area contributed by atoms with E-state index in [0.29, 0.717) is 5.82 Å². The Morgan fingerprint density at radius 2 is 2.19 bits per heavy atom. The largest absolute Gasteiger partial charge is 0.464 e. The predicted molar refractivity (Wildman–Crippen MR) is 108 cm³/mol. The van der Waals surface area contributed by atoms with Crippen LogP contribution in [0.1, 0.15) is 58.5 Å². The van der Waals surface area contributed by atoms with E-state index >= 15 is 0 Å². The number of hydrogen-bond donors (Lipinski definition) is 3. The van der Waals surface area contributed by atoms with Gasteiger partial charge in [0.05, 0.1) is 7.98 Å². The first-order valence-corrected chi connectivity index (χ1v) is 10.4. The first-order chi connectivity index (χ1) is 16.8. The van der Waals surface area contributed by atoms with Crippen LogP contribution in [0.3, 0.4) is 0 Å². The zero-order valence-electron chi connectivity index (χ0n) is 22.6. The van der Waals surface area contributed by atoms with Crippen LogP contribution >= 0.6 is 0 Å². The molecule has 2 fully saturated rings. The molecule has 1 aliphatic heterocycles. The zero-order valence-corrected chi connectivity index (χ0v) is 17.6. The van der Waals surface area contributed by atoms with Gasteiger partial charge in [-0.25, -0.2) is 4.79 Å².